The Kier molecular flexibility index (Phi) is 4.20. The lowest BCUT2D eigenvalue weighted by Crippen LogP contribution is -2.36. The molecule has 0 aliphatic carbocycles. The third-order valence-electron chi connectivity index (χ3n) is 4.42. The van der Waals surface area contributed by atoms with Gasteiger partial charge in [-0.3, -0.25) is 9.69 Å². The van der Waals surface area contributed by atoms with E-state index in [2.05, 4.69) is 47.4 Å². The highest BCUT2D eigenvalue weighted by molar-refractivity contribution is 5.85. The van der Waals surface area contributed by atoms with Crippen LogP contribution in [0, 0.1) is 0 Å². The first-order chi connectivity index (χ1) is 10.3. The van der Waals surface area contributed by atoms with Crippen LogP contribution < -0.4 is 0 Å². The van der Waals surface area contributed by atoms with Crippen molar-refractivity contribution in [3.8, 4) is 0 Å². The van der Waals surface area contributed by atoms with Gasteiger partial charge in [0, 0.05) is 0 Å². The van der Waals surface area contributed by atoms with Crippen molar-refractivity contribution < 1.29 is 9.90 Å². The number of aliphatic carboxylic acids is 1. The molecule has 21 heavy (non-hydrogen) atoms. The summed E-state index contributed by atoms with van der Waals surface area (Å²) in [6.45, 7) is 1.80. The van der Waals surface area contributed by atoms with Crippen LogP contribution in [0.5, 0.6) is 0 Å². The Labute approximate surface area is 125 Å². The predicted octanol–water partition coefficient (Wildman–Crippen LogP) is 3.32. The second-order valence-corrected chi connectivity index (χ2v) is 5.77. The number of carboxylic acids is 1. The summed E-state index contributed by atoms with van der Waals surface area (Å²) in [5, 5.41) is 11.8. The van der Waals surface area contributed by atoms with Crippen LogP contribution in [0.25, 0.3) is 10.8 Å². The van der Waals surface area contributed by atoms with Gasteiger partial charge in [-0.2, -0.15) is 0 Å². The monoisotopic (exact) mass is 283 g/mol. The average Bonchev–Trinajstić information content (AvgIpc) is 2.96. The summed E-state index contributed by atoms with van der Waals surface area (Å²) in [5.74, 6) is -0.669. The molecule has 1 heterocycles. The number of fused-ring (bicyclic) bond motifs is 1. The Morgan fingerprint density at radius 3 is 2.86 bits per heavy atom. The van der Waals surface area contributed by atoms with Crippen LogP contribution in [0.15, 0.2) is 42.5 Å². The molecule has 2 aromatic carbocycles. The van der Waals surface area contributed by atoms with Crippen molar-refractivity contribution in [1.82, 2.24) is 4.90 Å². The van der Waals surface area contributed by atoms with E-state index in [0.29, 0.717) is 0 Å². The third kappa shape index (κ3) is 3.08. The van der Waals surface area contributed by atoms with E-state index in [1.54, 1.807) is 0 Å². The van der Waals surface area contributed by atoms with Crippen LogP contribution in [-0.4, -0.2) is 35.1 Å². The van der Waals surface area contributed by atoms with E-state index in [1.165, 1.54) is 16.3 Å². The molecule has 0 radical (unpaired) electrons. The molecule has 3 rings (SSSR count). The molecule has 1 fully saturated rings. The van der Waals surface area contributed by atoms with Crippen LogP contribution in [0.2, 0.25) is 0 Å². The van der Waals surface area contributed by atoms with E-state index in [-0.39, 0.29) is 6.04 Å². The van der Waals surface area contributed by atoms with Crippen molar-refractivity contribution in [2.45, 2.75) is 31.7 Å². The SMILES string of the molecule is O=C(O)[C@@H]1CCCN1CCCc1cccc2ccccc12. The van der Waals surface area contributed by atoms with E-state index in [0.717, 1.165) is 38.8 Å². The Bertz CT molecular complexity index is 633. The third-order valence-corrected chi connectivity index (χ3v) is 4.42. The Hall–Kier alpha value is -1.87. The van der Waals surface area contributed by atoms with Crippen LogP contribution >= 0.6 is 0 Å². The molecule has 3 nitrogen and oxygen atoms in total. The molecular weight excluding hydrogens is 262 g/mol. The van der Waals surface area contributed by atoms with Crippen molar-refractivity contribution in [2.75, 3.05) is 13.1 Å². The molecule has 1 saturated heterocycles. The largest absolute Gasteiger partial charge is 0.480 e. The topological polar surface area (TPSA) is 40.5 Å². The first-order valence-electron chi connectivity index (χ1n) is 7.69. The van der Waals surface area contributed by atoms with E-state index >= 15 is 0 Å². The molecule has 0 amide bonds. The molecule has 0 aromatic heterocycles. The Morgan fingerprint density at radius 2 is 2.00 bits per heavy atom. The molecule has 0 saturated carbocycles. The zero-order chi connectivity index (χ0) is 14.7. The van der Waals surface area contributed by atoms with Gasteiger partial charge in [-0.1, -0.05) is 42.5 Å². The van der Waals surface area contributed by atoms with Gasteiger partial charge in [-0.05, 0) is 55.1 Å². The fourth-order valence-corrected chi connectivity index (χ4v) is 3.36. The van der Waals surface area contributed by atoms with Gasteiger partial charge >= 0.3 is 5.97 Å². The molecule has 2 aromatic rings. The molecule has 0 bridgehead atoms. The summed E-state index contributed by atoms with van der Waals surface area (Å²) in [7, 11) is 0. The maximum atomic E-state index is 11.2. The fourth-order valence-electron chi connectivity index (χ4n) is 3.36. The molecule has 1 N–H and O–H groups in total. The summed E-state index contributed by atoms with van der Waals surface area (Å²) >= 11 is 0. The molecule has 1 aliphatic rings. The lowest BCUT2D eigenvalue weighted by Gasteiger charge is -2.20. The minimum atomic E-state index is -0.669. The maximum Gasteiger partial charge on any atom is 0.320 e. The number of aryl methyl sites for hydroxylation is 1. The second-order valence-electron chi connectivity index (χ2n) is 5.77. The minimum Gasteiger partial charge on any atom is -0.480 e. The van der Waals surface area contributed by atoms with Crippen LogP contribution in [0.1, 0.15) is 24.8 Å². The quantitative estimate of drug-likeness (QED) is 0.915. The van der Waals surface area contributed by atoms with E-state index in [9.17, 15) is 9.90 Å². The van der Waals surface area contributed by atoms with Crippen molar-refractivity contribution in [2.24, 2.45) is 0 Å². The predicted molar refractivity (Wildman–Crippen MR) is 84.5 cm³/mol. The number of hydrogen-bond acceptors (Lipinski definition) is 2. The van der Waals surface area contributed by atoms with E-state index < -0.39 is 5.97 Å². The lowest BCUT2D eigenvalue weighted by atomic mass is 10.0. The zero-order valence-electron chi connectivity index (χ0n) is 12.2. The fraction of sp³-hybridized carbons (Fsp3) is 0.389. The van der Waals surface area contributed by atoms with Gasteiger partial charge in [-0.25, -0.2) is 0 Å². The van der Waals surface area contributed by atoms with Gasteiger partial charge in [0.05, 0.1) is 0 Å². The lowest BCUT2D eigenvalue weighted by molar-refractivity contribution is -0.142. The maximum absolute atomic E-state index is 11.2. The molecule has 1 aliphatic heterocycles. The van der Waals surface area contributed by atoms with Crippen molar-refractivity contribution >= 4 is 16.7 Å². The summed E-state index contributed by atoms with van der Waals surface area (Å²) in [4.78, 5) is 13.3. The summed E-state index contributed by atoms with van der Waals surface area (Å²) in [6, 6.07) is 14.6. The number of rotatable bonds is 5. The van der Waals surface area contributed by atoms with Gasteiger partial charge in [0.2, 0.25) is 0 Å². The Morgan fingerprint density at radius 1 is 1.19 bits per heavy atom. The normalized spacial score (nSPS) is 19.1. The van der Waals surface area contributed by atoms with Crippen LogP contribution in [0.4, 0.5) is 0 Å². The number of benzene rings is 2. The molecule has 110 valence electrons. The number of hydrogen-bond donors (Lipinski definition) is 1. The van der Waals surface area contributed by atoms with Crippen molar-refractivity contribution in [3.63, 3.8) is 0 Å². The highest BCUT2D eigenvalue weighted by Crippen LogP contribution is 2.21. The zero-order valence-corrected chi connectivity index (χ0v) is 12.2. The Balaban J connectivity index is 1.63. The van der Waals surface area contributed by atoms with E-state index in [4.69, 9.17) is 0 Å². The molecule has 1 atom stereocenters. The van der Waals surface area contributed by atoms with Crippen molar-refractivity contribution in [3.05, 3.63) is 48.0 Å². The summed E-state index contributed by atoms with van der Waals surface area (Å²) < 4.78 is 0. The van der Waals surface area contributed by atoms with Gasteiger partial charge in [0.15, 0.2) is 0 Å². The second kappa shape index (κ2) is 6.27. The summed E-state index contributed by atoms with van der Waals surface area (Å²) in [6.07, 6.45) is 3.82. The number of likely N-dealkylation sites (tertiary alicyclic amines) is 1. The molecule has 3 heteroatoms. The molecule has 0 unspecified atom stereocenters. The van der Waals surface area contributed by atoms with Crippen molar-refractivity contribution in [1.29, 1.82) is 0 Å². The number of nitrogens with zero attached hydrogens (tertiary/aromatic N) is 1. The number of carboxylic acid groups (broad SMARTS) is 1. The average molecular weight is 283 g/mol. The number of carbonyl (C=O) groups is 1. The smallest absolute Gasteiger partial charge is 0.320 e. The molecule has 0 spiro atoms. The van der Waals surface area contributed by atoms with Crippen LogP contribution in [0.3, 0.4) is 0 Å². The van der Waals surface area contributed by atoms with Gasteiger partial charge in [0.1, 0.15) is 6.04 Å². The van der Waals surface area contributed by atoms with Gasteiger partial charge in [-0.15, -0.1) is 0 Å². The minimum absolute atomic E-state index is 0.266. The highest BCUT2D eigenvalue weighted by Gasteiger charge is 2.29. The molecular formula is C18H21NO2. The first kappa shape index (κ1) is 14.1. The van der Waals surface area contributed by atoms with Gasteiger partial charge < -0.3 is 5.11 Å². The van der Waals surface area contributed by atoms with Gasteiger partial charge in [0.25, 0.3) is 0 Å². The standard InChI is InChI=1S/C18H21NO2/c20-18(21)17-11-5-13-19(17)12-4-9-15-8-3-7-14-6-1-2-10-16(14)15/h1-3,6-8,10,17H,4-5,9,11-13H2,(H,20,21)/t17-/m0/s1. The summed E-state index contributed by atoms with van der Waals surface area (Å²) in [5.41, 5.74) is 1.36. The van der Waals surface area contributed by atoms with E-state index in [1.807, 2.05) is 0 Å². The van der Waals surface area contributed by atoms with Crippen LogP contribution in [-0.2, 0) is 11.2 Å². The first-order valence-corrected chi connectivity index (χ1v) is 7.69. The highest BCUT2D eigenvalue weighted by atomic mass is 16.4.